The number of aryl methyl sites for hydroxylation is 1. The minimum Gasteiger partial charge on any atom is -0.497 e. The van der Waals surface area contributed by atoms with Gasteiger partial charge in [0.05, 0.1) is 13.5 Å². The van der Waals surface area contributed by atoms with Gasteiger partial charge in [-0.15, -0.1) is 0 Å². The number of hydrogen-bond acceptors (Lipinski definition) is 6. The molecule has 0 fully saturated rings. The first-order valence-electron chi connectivity index (χ1n) is 7.92. The van der Waals surface area contributed by atoms with E-state index in [1.807, 2.05) is 24.3 Å². The van der Waals surface area contributed by atoms with Crippen molar-refractivity contribution in [2.75, 3.05) is 20.7 Å². The first kappa shape index (κ1) is 18.4. The fourth-order valence-electron chi connectivity index (χ4n) is 2.18. The molecule has 1 aromatic heterocycles. The molecule has 0 aliphatic heterocycles. The molecule has 0 bridgehead atoms. The maximum absolute atomic E-state index is 11.9. The Bertz CT molecular complexity index is 711. The SMILES string of the molecule is COc1ccc(-c2noc(CCCC(=O)N(C)CCC(=O)O)n2)cc1. The second-order valence-corrected chi connectivity index (χ2v) is 5.55. The van der Waals surface area contributed by atoms with Gasteiger partial charge in [-0.2, -0.15) is 4.98 Å². The molecule has 2 rings (SSSR count). The average molecular weight is 347 g/mol. The van der Waals surface area contributed by atoms with E-state index < -0.39 is 5.97 Å². The van der Waals surface area contributed by atoms with Crippen LogP contribution in [0.2, 0.25) is 0 Å². The lowest BCUT2D eigenvalue weighted by atomic mass is 10.2. The Morgan fingerprint density at radius 2 is 1.96 bits per heavy atom. The summed E-state index contributed by atoms with van der Waals surface area (Å²) in [5, 5.41) is 12.6. The molecule has 0 radical (unpaired) electrons. The molecule has 1 aromatic carbocycles. The van der Waals surface area contributed by atoms with Crippen LogP contribution in [-0.4, -0.2) is 52.7 Å². The summed E-state index contributed by atoms with van der Waals surface area (Å²) >= 11 is 0. The van der Waals surface area contributed by atoms with Crippen LogP contribution in [-0.2, 0) is 16.0 Å². The molecule has 0 spiro atoms. The maximum Gasteiger partial charge on any atom is 0.305 e. The molecule has 2 aromatic rings. The lowest BCUT2D eigenvalue weighted by Gasteiger charge is -2.15. The normalized spacial score (nSPS) is 10.5. The third kappa shape index (κ3) is 5.59. The van der Waals surface area contributed by atoms with Crippen molar-refractivity contribution in [1.82, 2.24) is 15.0 Å². The maximum atomic E-state index is 11.9. The van der Waals surface area contributed by atoms with Crippen LogP contribution < -0.4 is 4.74 Å². The minimum absolute atomic E-state index is 0.0584. The number of hydrogen-bond donors (Lipinski definition) is 1. The summed E-state index contributed by atoms with van der Waals surface area (Å²) < 4.78 is 10.3. The van der Waals surface area contributed by atoms with Gasteiger partial charge < -0.3 is 19.3 Å². The van der Waals surface area contributed by atoms with Crippen LogP contribution in [0, 0.1) is 0 Å². The number of ether oxygens (including phenoxy) is 1. The number of amides is 1. The fraction of sp³-hybridized carbons (Fsp3) is 0.412. The van der Waals surface area contributed by atoms with Crippen LogP contribution in [0.25, 0.3) is 11.4 Å². The highest BCUT2D eigenvalue weighted by Gasteiger charge is 2.12. The molecule has 1 amide bonds. The monoisotopic (exact) mass is 347 g/mol. The van der Waals surface area contributed by atoms with E-state index in [0.717, 1.165) is 11.3 Å². The number of aromatic nitrogens is 2. The molecule has 8 heteroatoms. The molecule has 134 valence electrons. The van der Waals surface area contributed by atoms with Gasteiger partial charge in [-0.1, -0.05) is 5.16 Å². The standard InChI is InChI=1S/C17H21N3O5/c1-20(11-10-16(22)23)15(21)5-3-4-14-18-17(19-25-14)12-6-8-13(24-2)9-7-12/h6-9H,3-5,10-11H2,1-2H3,(H,22,23). The van der Waals surface area contributed by atoms with Crippen LogP contribution in [0.15, 0.2) is 28.8 Å². The molecule has 8 nitrogen and oxygen atoms in total. The van der Waals surface area contributed by atoms with Crippen LogP contribution in [0.1, 0.15) is 25.2 Å². The van der Waals surface area contributed by atoms with Crippen molar-refractivity contribution in [3.8, 4) is 17.1 Å². The second-order valence-electron chi connectivity index (χ2n) is 5.55. The zero-order valence-electron chi connectivity index (χ0n) is 14.3. The molecule has 1 N–H and O–H groups in total. The van der Waals surface area contributed by atoms with Crippen molar-refractivity contribution >= 4 is 11.9 Å². The van der Waals surface area contributed by atoms with E-state index in [-0.39, 0.29) is 18.9 Å². The van der Waals surface area contributed by atoms with E-state index >= 15 is 0 Å². The molecule has 0 aliphatic rings. The molecule has 0 aliphatic carbocycles. The predicted octanol–water partition coefficient (Wildman–Crippen LogP) is 2.00. The van der Waals surface area contributed by atoms with E-state index in [1.54, 1.807) is 14.2 Å². The number of carboxylic acid groups (broad SMARTS) is 1. The van der Waals surface area contributed by atoms with Crippen LogP contribution in [0.5, 0.6) is 5.75 Å². The third-order valence-electron chi connectivity index (χ3n) is 3.68. The Kier molecular flexibility index (Phi) is 6.50. The Labute approximate surface area is 145 Å². The molecular weight excluding hydrogens is 326 g/mol. The zero-order chi connectivity index (χ0) is 18.2. The molecule has 0 saturated heterocycles. The van der Waals surface area contributed by atoms with Crippen molar-refractivity contribution in [2.45, 2.75) is 25.7 Å². The van der Waals surface area contributed by atoms with Crippen LogP contribution >= 0.6 is 0 Å². The lowest BCUT2D eigenvalue weighted by Crippen LogP contribution is -2.28. The smallest absolute Gasteiger partial charge is 0.305 e. The summed E-state index contributed by atoms with van der Waals surface area (Å²) in [6.45, 7) is 0.205. The fourth-order valence-corrected chi connectivity index (χ4v) is 2.18. The molecular formula is C17H21N3O5. The predicted molar refractivity (Wildman–Crippen MR) is 89.1 cm³/mol. The summed E-state index contributed by atoms with van der Waals surface area (Å²) in [6, 6.07) is 7.32. The van der Waals surface area contributed by atoms with E-state index in [4.69, 9.17) is 14.4 Å². The van der Waals surface area contributed by atoms with Crippen LogP contribution in [0.3, 0.4) is 0 Å². The van der Waals surface area contributed by atoms with Gasteiger partial charge in [0, 0.05) is 32.0 Å². The number of carbonyl (C=O) groups is 2. The second kappa shape index (κ2) is 8.81. The zero-order valence-corrected chi connectivity index (χ0v) is 14.3. The van der Waals surface area contributed by atoms with Crippen molar-refractivity contribution in [3.63, 3.8) is 0 Å². The Balaban J connectivity index is 1.81. The van der Waals surface area contributed by atoms with Gasteiger partial charge in [-0.25, -0.2) is 0 Å². The Morgan fingerprint density at radius 1 is 1.24 bits per heavy atom. The molecule has 0 unspecified atom stereocenters. The van der Waals surface area contributed by atoms with Gasteiger partial charge in [0.1, 0.15) is 5.75 Å². The van der Waals surface area contributed by atoms with Crippen LogP contribution in [0.4, 0.5) is 0 Å². The number of carbonyl (C=O) groups excluding carboxylic acids is 1. The summed E-state index contributed by atoms with van der Waals surface area (Å²) in [4.78, 5) is 28.1. The number of carboxylic acids is 1. The quantitative estimate of drug-likeness (QED) is 0.739. The Morgan fingerprint density at radius 3 is 2.60 bits per heavy atom. The van der Waals surface area contributed by atoms with Gasteiger partial charge in [0.15, 0.2) is 0 Å². The summed E-state index contributed by atoms with van der Waals surface area (Å²) in [6.07, 6.45) is 1.29. The third-order valence-corrected chi connectivity index (χ3v) is 3.68. The first-order chi connectivity index (χ1) is 12.0. The van der Waals surface area contributed by atoms with Gasteiger partial charge in [-0.05, 0) is 30.7 Å². The number of benzene rings is 1. The van der Waals surface area contributed by atoms with Crippen molar-refractivity contribution in [2.24, 2.45) is 0 Å². The van der Waals surface area contributed by atoms with Crippen molar-refractivity contribution < 1.29 is 24.0 Å². The number of aliphatic carboxylic acids is 1. The largest absolute Gasteiger partial charge is 0.497 e. The molecule has 0 saturated carbocycles. The van der Waals surface area contributed by atoms with Gasteiger partial charge in [0.25, 0.3) is 0 Å². The number of nitrogens with zero attached hydrogens (tertiary/aromatic N) is 3. The highest BCUT2D eigenvalue weighted by Crippen LogP contribution is 2.20. The molecule has 25 heavy (non-hydrogen) atoms. The van der Waals surface area contributed by atoms with Crippen molar-refractivity contribution in [1.29, 1.82) is 0 Å². The lowest BCUT2D eigenvalue weighted by molar-refractivity contribution is -0.138. The minimum atomic E-state index is -0.920. The van der Waals surface area contributed by atoms with Gasteiger partial charge in [0.2, 0.25) is 17.6 Å². The van der Waals surface area contributed by atoms with E-state index in [0.29, 0.717) is 31.0 Å². The average Bonchev–Trinajstić information content (AvgIpc) is 3.08. The van der Waals surface area contributed by atoms with Crippen molar-refractivity contribution in [3.05, 3.63) is 30.2 Å². The van der Waals surface area contributed by atoms with Gasteiger partial charge in [-0.3, -0.25) is 9.59 Å². The van der Waals surface area contributed by atoms with Gasteiger partial charge >= 0.3 is 5.97 Å². The summed E-state index contributed by atoms with van der Waals surface area (Å²) in [7, 11) is 3.20. The van der Waals surface area contributed by atoms with E-state index in [2.05, 4.69) is 10.1 Å². The first-order valence-corrected chi connectivity index (χ1v) is 7.92. The number of methoxy groups -OCH3 is 1. The molecule has 0 atom stereocenters. The highest BCUT2D eigenvalue weighted by molar-refractivity contribution is 5.76. The molecule has 1 heterocycles. The topological polar surface area (TPSA) is 106 Å². The van der Waals surface area contributed by atoms with E-state index in [1.165, 1.54) is 4.90 Å². The highest BCUT2D eigenvalue weighted by atomic mass is 16.5. The number of rotatable bonds is 9. The Hall–Kier alpha value is -2.90. The van der Waals surface area contributed by atoms with E-state index in [9.17, 15) is 9.59 Å². The summed E-state index contributed by atoms with van der Waals surface area (Å²) in [5.41, 5.74) is 0.820. The summed E-state index contributed by atoms with van der Waals surface area (Å²) in [5.74, 6) is 0.681.